The van der Waals surface area contributed by atoms with Gasteiger partial charge in [-0.3, -0.25) is 0 Å². The summed E-state index contributed by atoms with van der Waals surface area (Å²) in [6.07, 6.45) is 1.21. The lowest BCUT2D eigenvalue weighted by Gasteiger charge is -2.21. The van der Waals surface area contributed by atoms with Gasteiger partial charge in [0.25, 0.3) is 0 Å². The van der Waals surface area contributed by atoms with E-state index in [1.807, 2.05) is 11.4 Å². The summed E-state index contributed by atoms with van der Waals surface area (Å²) in [6.45, 7) is 0. The van der Waals surface area contributed by atoms with Crippen molar-refractivity contribution in [2.24, 2.45) is 5.73 Å². The summed E-state index contributed by atoms with van der Waals surface area (Å²) in [4.78, 5) is 1.13. The Bertz CT molecular complexity index is 468. The molecule has 0 aromatic carbocycles. The maximum absolute atomic E-state index is 11.4. The van der Waals surface area contributed by atoms with Crippen LogP contribution in [0.3, 0.4) is 0 Å². The minimum atomic E-state index is -2.91. The van der Waals surface area contributed by atoms with E-state index in [9.17, 15) is 8.42 Å². The number of rotatable bonds is 2. The van der Waals surface area contributed by atoms with Crippen molar-refractivity contribution in [1.82, 2.24) is 0 Å². The number of nitrogens with two attached hydrogens (primary N) is 1. The Morgan fingerprint density at radius 2 is 2.33 bits per heavy atom. The van der Waals surface area contributed by atoms with Gasteiger partial charge in [-0.1, -0.05) is 0 Å². The van der Waals surface area contributed by atoms with E-state index in [4.69, 9.17) is 5.73 Å². The molecule has 0 aliphatic carbocycles. The van der Waals surface area contributed by atoms with Crippen LogP contribution in [0.15, 0.2) is 15.9 Å². The summed E-state index contributed by atoms with van der Waals surface area (Å²) < 4.78 is 23.8. The molecule has 1 aromatic rings. The van der Waals surface area contributed by atoms with E-state index in [0.29, 0.717) is 12.8 Å². The molecular formula is C9H12BrNO2S2. The second-order valence-corrected chi connectivity index (χ2v) is 8.11. The first kappa shape index (κ1) is 11.6. The fraction of sp³-hybridized carbons (Fsp3) is 0.556. The number of hydrogen-bond donors (Lipinski definition) is 1. The predicted molar refractivity (Wildman–Crippen MR) is 65.9 cm³/mol. The average Bonchev–Trinajstić information content (AvgIpc) is 2.59. The average molecular weight is 310 g/mol. The van der Waals surface area contributed by atoms with Crippen molar-refractivity contribution in [2.45, 2.75) is 18.4 Å². The van der Waals surface area contributed by atoms with Crippen LogP contribution in [-0.2, 0) is 16.3 Å². The van der Waals surface area contributed by atoms with E-state index >= 15 is 0 Å². The van der Waals surface area contributed by atoms with Crippen molar-refractivity contribution < 1.29 is 8.42 Å². The third-order valence-corrected chi connectivity index (χ3v) is 6.39. The van der Waals surface area contributed by atoms with E-state index in [2.05, 4.69) is 15.9 Å². The Morgan fingerprint density at radius 1 is 1.60 bits per heavy atom. The largest absolute Gasteiger partial charge is 0.324 e. The lowest BCUT2D eigenvalue weighted by atomic mass is 9.95. The van der Waals surface area contributed by atoms with Crippen molar-refractivity contribution in [3.63, 3.8) is 0 Å². The monoisotopic (exact) mass is 309 g/mol. The first-order valence-electron chi connectivity index (χ1n) is 4.61. The molecule has 1 aliphatic rings. The molecule has 84 valence electrons. The van der Waals surface area contributed by atoms with Gasteiger partial charge >= 0.3 is 0 Å². The third kappa shape index (κ3) is 2.61. The zero-order valence-electron chi connectivity index (χ0n) is 8.07. The highest BCUT2D eigenvalue weighted by Gasteiger charge is 2.39. The molecule has 2 N–H and O–H groups in total. The Morgan fingerprint density at radius 3 is 2.80 bits per heavy atom. The van der Waals surface area contributed by atoms with Gasteiger partial charge < -0.3 is 5.73 Å². The van der Waals surface area contributed by atoms with Gasteiger partial charge in [-0.05, 0) is 33.8 Å². The molecule has 2 heterocycles. The molecule has 0 bridgehead atoms. The molecule has 0 amide bonds. The van der Waals surface area contributed by atoms with Crippen molar-refractivity contribution >= 4 is 37.1 Å². The van der Waals surface area contributed by atoms with Gasteiger partial charge in [0.2, 0.25) is 0 Å². The maximum atomic E-state index is 11.4. The number of halogens is 1. The predicted octanol–water partition coefficient (Wildman–Crippen LogP) is 1.57. The fourth-order valence-electron chi connectivity index (χ4n) is 1.85. The molecule has 1 saturated heterocycles. The molecule has 1 unspecified atom stereocenters. The molecule has 2 rings (SSSR count). The molecule has 1 atom stereocenters. The van der Waals surface area contributed by atoms with Crippen LogP contribution >= 0.6 is 27.3 Å². The Kier molecular flexibility index (Phi) is 2.96. The Hall–Kier alpha value is 0.0900. The number of sulfone groups is 1. The maximum Gasteiger partial charge on any atom is 0.152 e. The standard InChI is InChI=1S/C9H12BrNO2S2/c10-7-1-3-14-8(7)5-9(11)2-4-15(12,13)6-9/h1,3H,2,4-6,11H2. The van der Waals surface area contributed by atoms with Crippen molar-refractivity contribution in [1.29, 1.82) is 0 Å². The van der Waals surface area contributed by atoms with Crippen LogP contribution in [-0.4, -0.2) is 25.5 Å². The molecule has 0 saturated carbocycles. The van der Waals surface area contributed by atoms with Gasteiger partial charge in [-0.25, -0.2) is 8.42 Å². The summed E-state index contributed by atoms with van der Waals surface area (Å²) >= 11 is 5.05. The van der Waals surface area contributed by atoms with E-state index in [1.54, 1.807) is 11.3 Å². The highest BCUT2D eigenvalue weighted by molar-refractivity contribution is 9.10. The second-order valence-electron chi connectivity index (χ2n) is 4.07. The molecule has 3 nitrogen and oxygen atoms in total. The normalized spacial score (nSPS) is 29.5. The molecule has 1 aliphatic heterocycles. The summed E-state index contributed by atoms with van der Waals surface area (Å²) in [5, 5.41) is 1.98. The van der Waals surface area contributed by atoms with Crippen molar-refractivity contribution in [3.8, 4) is 0 Å². The topological polar surface area (TPSA) is 60.2 Å². The van der Waals surface area contributed by atoms with Gasteiger partial charge in [0, 0.05) is 21.3 Å². The summed E-state index contributed by atoms with van der Waals surface area (Å²) in [5.41, 5.74) is 5.54. The lowest BCUT2D eigenvalue weighted by Crippen LogP contribution is -2.43. The van der Waals surface area contributed by atoms with Crippen LogP contribution in [0.4, 0.5) is 0 Å². The Balaban J connectivity index is 2.17. The third-order valence-electron chi connectivity index (χ3n) is 2.62. The minimum Gasteiger partial charge on any atom is -0.324 e. The SMILES string of the molecule is NC1(Cc2sccc2Br)CCS(=O)(=O)C1. The molecule has 15 heavy (non-hydrogen) atoms. The van der Waals surface area contributed by atoms with E-state index in [-0.39, 0.29) is 11.5 Å². The number of hydrogen-bond acceptors (Lipinski definition) is 4. The molecular weight excluding hydrogens is 298 g/mol. The van der Waals surface area contributed by atoms with E-state index < -0.39 is 15.4 Å². The first-order chi connectivity index (χ1) is 6.90. The van der Waals surface area contributed by atoms with Gasteiger partial charge in [0.15, 0.2) is 9.84 Å². The van der Waals surface area contributed by atoms with Gasteiger partial charge in [0.05, 0.1) is 11.5 Å². The number of thiophene rings is 1. The van der Waals surface area contributed by atoms with Gasteiger partial charge in [-0.2, -0.15) is 0 Å². The van der Waals surface area contributed by atoms with Crippen LogP contribution in [0.5, 0.6) is 0 Å². The van der Waals surface area contributed by atoms with Crippen LogP contribution in [0, 0.1) is 0 Å². The van der Waals surface area contributed by atoms with Gasteiger partial charge in [0.1, 0.15) is 0 Å². The minimum absolute atomic E-state index is 0.115. The van der Waals surface area contributed by atoms with Crippen molar-refractivity contribution in [3.05, 3.63) is 20.8 Å². The highest BCUT2D eigenvalue weighted by atomic mass is 79.9. The molecule has 6 heteroatoms. The summed E-state index contributed by atoms with van der Waals surface area (Å²) in [7, 11) is -2.91. The van der Waals surface area contributed by atoms with Gasteiger partial charge in [-0.15, -0.1) is 11.3 Å². The zero-order chi connectivity index (χ0) is 11.1. The molecule has 1 fully saturated rings. The molecule has 0 spiro atoms. The van der Waals surface area contributed by atoms with Crippen LogP contribution < -0.4 is 5.73 Å². The van der Waals surface area contributed by atoms with Crippen LogP contribution in [0.1, 0.15) is 11.3 Å². The van der Waals surface area contributed by atoms with Crippen LogP contribution in [0.25, 0.3) is 0 Å². The first-order valence-corrected chi connectivity index (χ1v) is 8.11. The summed E-state index contributed by atoms with van der Waals surface area (Å²) in [5.74, 6) is 0.344. The quantitative estimate of drug-likeness (QED) is 0.902. The fourth-order valence-corrected chi connectivity index (χ4v) is 5.48. The smallest absolute Gasteiger partial charge is 0.152 e. The second kappa shape index (κ2) is 3.84. The highest BCUT2D eigenvalue weighted by Crippen LogP contribution is 2.31. The molecule has 1 aromatic heterocycles. The van der Waals surface area contributed by atoms with Crippen LogP contribution in [0.2, 0.25) is 0 Å². The molecule has 0 radical (unpaired) electrons. The zero-order valence-corrected chi connectivity index (χ0v) is 11.3. The van der Waals surface area contributed by atoms with E-state index in [0.717, 1.165) is 9.35 Å². The Labute approximate surface area is 102 Å². The lowest BCUT2D eigenvalue weighted by molar-refractivity contribution is 0.479. The van der Waals surface area contributed by atoms with Crippen molar-refractivity contribution in [2.75, 3.05) is 11.5 Å². The summed E-state index contributed by atoms with van der Waals surface area (Å²) in [6, 6.07) is 1.97. The van der Waals surface area contributed by atoms with E-state index in [1.165, 1.54) is 0 Å².